The predicted molar refractivity (Wildman–Crippen MR) is 78.9 cm³/mol. The lowest BCUT2D eigenvalue weighted by Crippen LogP contribution is -2.31. The summed E-state index contributed by atoms with van der Waals surface area (Å²) < 4.78 is 0. The Labute approximate surface area is 114 Å². The van der Waals surface area contributed by atoms with Crippen LogP contribution >= 0.6 is 0 Å². The first-order valence-electron chi connectivity index (χ1n) is 6.48. The van der Waals surface area contributed by atoms with Crippen LogP contribution in [0.15, 0.2) is 36.4 Å². The van der Waals surface area contributed by atoms with E-state index in [-0.39, 0.29) is 0 Å². The number of nitrogen functional groups attached to an aromatic ring is 1. The van der Waals surface area contributed by atoms with Gasteiger partial charge in [0.1, 0.15) is 17.5 Å². The lowest BCUT2D eigenvalue weighted by molar-refractivity contribution is 0.670. The van der Waals surface area contributed by atoms with Crippen LogP contribution in [0.1, 0.15) is 25.2 Å². The van der Waals surface area contributed by atoms with Crippen LogP contribution in [-0.4, -0.2) is 16.0 Å². The average molecular weight is 256 g/mol. The molecule has 0 fully saturated rings. The summed E-state index contributed by atoms with van der Waals surface area (Å²) in [5.74, 6) is 2.10. The van der Waals surface area contributed by atoms with Gasteiger partial charge in [-0.25, -0.2) is 9.97 Å². The molecule has 4 heteroatoms. The summed E-state index contributed by atoms with van der Waals surface area (Å²) in [5, 5.41) is 0. The minimum Gasteiger partial charge on any atom is -0.384 e. The molecule has 0 saturated heterocycles. The van der Waals surface area contributed by atoms with Crippen molar-refractivity contribution in [2.24, 2.45) is 0 Å². The van der Waals surface area contributed by atoms with E-state index in [0.717, 1.165) is 12.4 Å². The van der Waals surface area contributed by atoms with Gasteiger partial charge in [-0.2, -0.15) is 0 Å². The van der Waals surface area contributed by atoms with Gasteiger partial charge in [0.25, 0.3) is 0 Å². The molecule has 0 radical (unpaired) electrons. The fraction of sp³-hybridized carbons (Fsp3) is 0.333. The average Bonchev–Trinajstić information content (AvgIpc) is 2.35. The van der Waals surface area contributed by atoms with Crippen LogP contribution in [0, 0.1) is 6.92 Å². The van der Waals surface area contributed by atoms with Crippen LogP contribution in [0.5, 0.6) is 0 Å². The molecule has 0 aliphatic heterocycles. The van der Waals surface area contributed by atoms with Crippen molar-refractivity contribution in [3.8, 4) is 0 Å². The van der Waals surface area contributed by atoms with Gasteiger partial charge in [-0.1, -0.05) is 30.3 Å². The molecule has 19 heavy (non-hydrogen) atoms. The van der Waals surface area contributed by atoms with Gasteiger partial charge in [-0.15, -0.1) is 0 Å². The van der Waals surface area contributed by atoms with Crippen molar-refractivity contribution in [3.05, 3.63) is 47.8 Å². The van der Waals surface area contributed by atoms with Crippen LogP contribution in [0.4, 0.5) is 11.6 Å². The highest BCUT2D eigenvalue weighted by molar-refractivity contribution is 5.48. The molecular formula is C15H20N4. The van der Waals surface area contributed by atoms with Crippen LogP contribution in [0.25, 0.3) is 0 Å². The second-order valence-electron chi connectivity index (χ2n) is 4.91. The maximum atomic E-state index is 5.81. The summed E-state index contributed by atoms with van der Waals surface area (Å²) in [6.07, 6.45) is 0. The third-order valence-corrected chi connectivity index (χ3v) is 2.96. The smallest absolute Gasteiger partial charge is 0.134 e. The molecule has 0 spiro atoms. The Hall–Kier alpha value is -2.10. The summed E-state index contributed by atoms with van der Waals surface area (Å²) in [5.41, 5.74) is 7.07. The third-order valence-electron chi connectivity index (χ3n) is 2.96. The fourth-order valence-corrected chi connectivity index (χ4v) is 2.03. The van der Waals surface area contributed by atoms with Gasteiger partial charge < -0.3 is 10.6 Å². The Bertz CT molecular complexity index is 517. The van der Waals surface area contributed by atoms with E-state index in [9.17, 15) is 0 Å². The molecule has 0 aliphatic rings. The van der Waals surface area contributed by atoms with E-state index in [1.54, 1.807) is 0 Å². The van der Waals surface area contributed by atoms with Gasteiger partial charge in [-0.3, -0.25) is 0 Å². The normalized spacial score (nSPS) is 10.7. The van der Waals surface area contributed by atoms with Gasteiger partial charge in [-0.05, 0) is 26.3 Å². The van der Waals surface area contributed by atoms with Crippen molar-refractivity contribution in [1.82, 2.24) is 9.97 Å². The molecule has 100 valence electrons. The molecule has 2 N–H and O–H groups in total. The maximum absolute atomic E-state index is 5.81. The van der Waals surface area contributed by atoms with Crippen LogP contribution in [0.2, 0.25) is 0 Å². The summed E-state index contributed by atoms with van der Waals surface area (Å²) >= 11 is 0. The van der Waals surface area contributed by atoms with Crippen molar-refractivity contribution in [3.63, 3.8) is 0 Å². The lowest BCUT2D eigenvalue weighted by Gasteiger charge is -2.28. The number of nitrogens with two attached hydrogens (primary N) is 1. The van der Waals surface area contributed by atoms with Crippen molar-refractivity contribution in [2.75, 3.05) is 10.6 Å². The first-order valence-corrected chi connectivity index (χ1v) is 6.48. The van der Waals surface area contributed by atoms with Gasteiger partial charge in [0.15, 0.2) is 0 Å². The van der Waals surface area contributed by atoms with Gasteiger partial charge in [0, 0.05) is 18.7 Å². The number of hydrogen-bond donors (Lipinski definition) is 1. The highest BCUT2D eigenvalue weighted by Gasteiger charge is 2.13. The Morgan fingerprint density at radius 3 is 2.42 bits per heavy atom. The van der Waals surface area contributed by atoms with Crippen LogP contribution < -0.4 is 10.6 Å². The molecule has 2 rings (SSSR count). The number of aromatic nitrogens is 2. The number of anilines is 2. The number of benzene rings is 1. The first-order chi connectivity index (χ1) is 9.06. The van der Waals surface area contributed by atoms with Gasteiger partial charge >= 0.3 is 0 Å². The quantitative estimate of drug-likeness (QED) is 0.914. The number of nitrogens with zero attached hydrogens (tertiary/aromatic N) is 3. The molecule has 4 nitrogen and oxygen atoms in total. The number of rotatable bonds is 4. The van der Waals surface area contributed by atoms with Crippen molar-refractivity contribution < 1.29 is 0 Å². The van der Waals surface area contributed by atoms with Gasteiger partial charge in [0.2, 0.25) is 0 Å². The highest BCUT2D eigenvalue weighted by atomic mass is 15.2. The maximum Gasteiger partial charge on any atom is 0.134 e. The Kier molecular flexibility index (Phi) is 4.00. The molecule has 1 heterocycles. The van der Waals surface area contributed by atoms with E-state index in [0.29, 0.717) is 17.7 Å². The van der Waals surface area contributed by atoms with Crippen LogP contribution in [0.3, 0.4) is 0 Å². The van der Waals surface area contributed by atoms with Crippen LogP contribution in [-0.2, 0) is 6.54 Å². The summed E-state index contributed by atoms with van der Waals surface area (Å²) in [6.45, 7) is 6.97. The zero-order chi connectivity index (χ0) is 13.8. The van der Waals surface area contributed by atoms with Crippen molar-refractivity contribution >= 4 is 11.6 Å². The molecule has 0 aliphatic carbocycles. The molecule has 0 bridgehead atoms. The van der Waals surface area contributed by atoms with Gasteiger partial charge in [0.05, 0.1) is 0 Å². The van der Waals surface area contributed by atoms with E-state index < -0.39 is 0 Å². The zero-order valence-corrected chi connectivity index (χ0v) is 11.7. The van der Waals surface area contributed by atoms with E-state index in [1.807, 2.05) is 31.2 Å². The molecule has 0 amide bonds. The standard InChI is InChI=1S/C15H20N4/c1-11(2)19(10-13-7-5-4-6-8-13)15-9-14(16)17-12(3)18-15/h4-9,11H,10H2,1-3H3,(H2,16,17,18). The molecule has 0 unspecified atom stereocenters. The molecular weight excluding hydrogens is 236 g/mol. The fourth-order valence-electron chi connectivity index (χ4n) is 2.03. The SMILES string of the molecule is Cc1nc(N)cc(N(Cc2ccccc2)C(C)C)n1. The monoisotopic (exact) mass is 256 g/mol. The molecule has 1 aromatic carbocycles. The molecule has 2 aromatic rings. The van der Waals surface area contributed by atoms with E-state index in [1.165, 1.54) is 5.56 Å². The predicted octanol–water partition coefficient (Wildman–Crippen LogP) is 2.78. The first kappa shape index (κ1) is 13.3. The third kappa shape index (κ3) is 3.44. The van der Waals surface area contributed by atoms with E-state index >= 15 is 0 Å². The highest BCUT2D eigenvalue weighted by Crippen LogP contribution is 2.19. The minimum atomic E-state index is 0.342. The summed E-state index contributed by atoms with van der Waals surface area (Å²) in [6, 6.07) is 12.5. The second-order valence-corrected chi connectivity index (χ2v) is 4.91. The lowest BCUT2D eigenvalue weighted by atomic mass is 10.2. The molecule has 1 aromatic heterocycles. The van der Waals surface area contributed by atoms with E-state index in [2.05, 4.69) is 40.8 Å². The Morgan fingerprint density at radius 1 is 1.16 bits per heavy atom. The number of aryl methyl sites for hydroxylation is 1. The van der Waals surface area contributed by atoms with E-state index in [4.69, 9.17) is 5.73 Å². The van der Waals surface area contributed by atoms with Crippen molar-refractivity contribution in [1.29, 1.82) is 0 Å². The largest absolute Gasteiger partial charge is 0.384 e. The zero-order valence-electron chi connectivity index (χ0n) is 11.7. The molecule has 0 saturated carbocycles. The molecule has 0 atom stereocenters. The van der Waals surface area contributed by atoms with Crippen molar-refractivity contribution in [2.45, 2.75) is 33.4 Å². The minimum absolute atomic E-state index is 0.342. The Balaban J connectivity index is 2.30. The second kappa shape index (κ2) is 5.69. The summed E-state index contributed by atoms with van der Waals surface area (Å²) in [7, 11) is 0. The Morgan fingerprint density at radius 2 is 1.84 bits per heavy atom. The topological polar surface area (TPSA) is 55.0 Å². The summed E-state index contributed by atoms with van der Waals surface area (Å²) in [4.78, 5) is 10.8. The number of hydrogen-bond acceptors (Lipinski definition) is 4.